The third-order valence-corrected chi connectivity index (χ3v) is 6.87. The molecule has 5 rings (SSSR count). The molecule has 1 saturated heterocycles. The van der Waals surface area contributed by atoms with Crippen molar-refractivity contribution in [1.29, 1.82) is 0 Å². The number of hydrogen-bond acceptors (Lipinski definition) is 5. The van der Waals surface area contributed by atoms with Crippen molar-refractivity contribution in [1.82, 2.24) is 5.32 Å². The number of carbonyl (C=O) groups excluding carboxylic acids is 2. The summed E-state index contributed by atoms with van der Waals surface area (Å²) >= 11 is 0. The van der Waals surface area contributed by atoms with Crippen LogP contribution in [0.15, 0.2) is 91.0 Å². The molecule has 7 heteroatoms. The molecule has 1 fully saturated rings. The van der Waals surface area contributed by atoms with Gasteiger partial charge >= 0.3 is 0 Å². The van der Waals surface area contributed by atoms with Crippen LogP contribution in [0.4, 0.5) is 11.4 Å². The van der Waals surface area contributed by atoms with Gasteiger partial charge in [-0.25, -0.2) is 0 Å². The van der Waals surface area contributed by atoms with E-state index in [1.165, 1.54) is 6.92 Å². The molecule has 0 spiro atoms. The molecule has 204 valence electrons. The second kappa shape index (κ2) is 12.5. The second-order valence-electron chi connectivity index (χ2n) is 9.80. The molecule has 2 amide bonds. The van der Waals surface area contributed by atoms with Crippen molar-refractivity contribution >= 4 is 23.2 Å². The summed E-state index contributed by atoms with van der Waals surface area (Å²) in [5.41, 5.74) is 5.58. The fraction of sp³-hybridized carbons (Fsp3) is 0.212. The number of rotatable bonds is 8. The van der Waals surface area contributed by atoms with Crippen LogP contribution in [-0.4, -0.2) is 38.1 Å². The molecule has 0 aliphatic carbocycles. The van der Waals surface area contributed by atoms with Gasteiger partial charge in [-0.1, -0.05) is 36.4 Å². The van der Waals surface area contributed by atoms with Gasteiger partial charge in [-0.15, -0.1) is 0 Å². The second-order valence-corrected chi connectivity index (χ2v) is 9.80. The summed E-state index contributed by atoms with van der Waals surface area (Å²) in [5.74, 6) is 1.14. The normalized spacial score (nSPS) is 13.3. The van der Waals surface area contributed by atoms with E-state index in [0.717, 1.165) is 53.9 Å². The number of nitrogens with one attached hydrogen (secondary N) is 3. The third-order valence-electron chi connectivity index (χ3n) is 6.87. The minimum absolute atomic E-state index is 0.151. The molecule has 40 heavy (non-hydrogen) atoms. The maximum Gasteiger partial charge on any atom is 0.255 e. The Balaban J connectivity index is 1.27. The lowest BCUT2D eigenvalue weighted by Gasteiger charge is -2.23. The molecule has 0 aromatic heterocycles. The van der Waals surface area contributed by atoms with Crippen LogP contribution in [0.5, 0.6) is 11.5 Å². The van der Waals surface area contributed by atoms with Crippen molar-refractivity contribution in [3.05, 3.63) is 96.6 Å². The Morgan fingerprint density at radius 3 is 2.15 bits per heavy atom. The lowest BCUT2D eigenvalue weighted by atomic mass is 10.0. The van der Waals surface area contributed by atoms with Gasteiger partial charge in [0.2, 0.25) is 5.91 Å². The van der Waals surface area contributed by atoms with Gasteiger partial charge < -0.3 is 25.4 Å². The summed E-state index contributed by atoms with van der Waals surface area (Å²) in [6.07, 6.45) is 2.32. The Morgan fingerprint density at radius 2 is 1.48 bits per heavy atom. The van der Waals surface area contributed by atoms with E-state index in [1.54, 1.807) is 25.3 Å². The molecule has 7 nitrogen and oxygen atoms in total. The van der Waals surface area contributed by atoms with Crippen LogP contribution >= 0.6 is 0 Å². The van der Waals surface area contributed by atoms with Gasteiger partial charge in [0.15, 0.2) is 0 Å². The Morgan fingerprint density at radius 1 is 0.775 bits per heavy atom. The van der Waals surface area contributed by atoms with E-state index in [0.29, 0.717) is 22.7 Å². The minimum Gasteiger partial charge on any atom is -0.496 e. The van der Waals surface area contributed by atoms with Crippen molar-refractivity contribution in [3.8, 4) is 33.8 Å². The molecule has 1 aliphatic rings. The maximum atomic E-state index is 13.1. The van der Waals surface area contributed by atoms with Gasteiger partial charge in [0.05, 0.1) is 7.11 Å². The van der Waals surface area contributed by atoms with Crippen molar-refractivity contribution in [2.24, 2.45) is 0 Å². The molecule has 0 bridgehead atoms. The molecule has 4 aromatic carbocycles. The standard InChI is InChI=1S/C33H33N3O4/c1-22(37)35-28-5-3-4-25(20-28)31-21-26(10-15-32(31)39-2)33(38)36-27-11-6-23(7-12-27)24-8-13-29(14-9-24)40-30-16-18-34-19-17-30/h3-15,20-21,30,34H,16-19H2,1-2H3,(H,35,37)(H,36,38). The predicted octanol–water partition coefficient (Wildman–Crippen LogP) is 6.37. The number of carbonyl (C=O) groups is 2. The largest absolute Gasteiger partial charge is 0.496 e. The average Bonchev–Trinajstić information content (AvgIpc) is 2.98. The van der Waals surface area contributed by atoms with Gasteiger partial charge in [0.1, 0.15) is 17.6 Å². The van der Waals surface area contributed by atoms with Gasteiger partial charge in [0, 0.05) is 29.4 Å². The number of ether oxygens (including phenoxy) is 2. The van der Waals surface area contributed by atoms with Crippen LogP contribution in [0.3, 0.4) is 0 Å². The summed E-state index contributed by atoms with van der Waals surface area (Å²) < 4.78 is 11.7. The topological polar surface area (TPSA) is 88.7 Å². The lowest BCUT2D eigenvalue weighted by molar-refractivity contribution is -0.114. The zero-order chi connectivity index (χ0) is 27.9. The summed E-state index contributed by atoms with van der Waals surface area (Å²) in [5, 5.41) is 9.13. The highest BCUT2D eigenvalue weighted by Crippen LogP contribution is 2.33. The van der Waals surface area contributed by atoms with Crippen molar-refractivity contribution in [3.63, 3.8) is 0 Å². The molecular formula is C33H33N3O4. The van der Waals surface area contributed by atoms with Crippen LogP contribution in [0.25, 0.3) is 22.3 Å². The molecule has 1 heterocycles. The molecule has 1 aliphatic heterocycles. The van der Waals surface area contributed by atoms with Gasteiger partial charge in [-0.2, -0.15) is 0 Å². The van der Waals surface area contributed by atoms with Gasteiger partial charge in [-0.3, -0.25) is 9.59 Å². The number of piperidine rings is 1. The third kappa shape index (κ3) is 6.68. The van der Waals surface area contributed by atoms with Crippen molar-refractivity contribution < 1.29 is 19.1 Å². The predicted molar refractivity (Wildman–Crippen MR) is 159 cm³/mol. The SMILES string of the molecule is COc1ccc(C(=O)Nc2ccc(-c3ccc(OC4CCNCC4)cc3)cc2)cc1-c1cccc(NC(C)=O)c1. The fourth-order valence-electron chi connectivity index (χ4n) is 4.82. The molecular weight excluding hydrogens is 502 g/mol. The summed E-state index contributed by atoms with van der Waals surface area (Å²) in [4.78, 5) is 24.6. The summed E-state index contributed by atoms with van der Waals surface area (Å²) in [6, 6.07) is 28.7. The Kier molecular flexibility index (Phi) is 8.42. The van der Waals surface area contributed by atoms with E-state index >= 15 is 0 Å². The van der Waals surface area contributed by atoms with Crippen molar-refractivity contribution in [2.45, 2.75) is 25.9 Å². The Bertz CT molecular complexity index is 1480. The van der Waals surface area contributed by atoms with E-state index in [2.05, 4.69) is 28.1 Å². The number of amides is 2. The van der Waals surface area contributed by atoms with Crippen LogP contribution in [0.1, 0.15) is 30.1 Å². The number of hydrogen-bond donors (Lipinski definition) is 3. The van der Waals surface area contributed by atoms with Gasteiger partial charge in [0.25, 0.3) is 5.91 Å². The molecule has 0 unspecified atom stereocenters. The molecule has 0 atom stereocenters. The molecule has 4 aromatic rings. The van der Waals surface area contributed by atoms with E-state index in [4.69, 9.17) is 9.47 Å². The maximum absolute atomic E-state index is 13.1. The van der Waals surface area contributed by atoms with Crippen LogP contribution in [0, 0.1) is 0 Å². The zero-order valence-corrected chi connectivity index (χ0v) is 22.7. The van der Waals surface area contributed by atoms with Crippen LogP contribution in [0.2, 0.25) is 0 Å². The first kappa shape index (κ1) is 27.0. The quantitative estimate of drug-likeness (QED) is 0.244. The monoisotopic (exact) mass is 535 g/mol. The van der Waals surface area contributed by atoms with E-state index in [1.807, 2.05) is 60.7 Å². The number of benzene rings is 4. The zero-order valence-electron chi connectivity index (χ0n) is 22.7. The van der Waals surface area contributed by atoms with E-state index < -0.39 is 0 Å². The summed E-state index contributed by atoms with van der Waals surface area (Å²) in [7, 11) is 1.59. The average molecular weight is 536 g/mol. The molecule has 0 saturated carbocycles. The molecule has 0 radical (unpaired) electrons. The Labute approximate surface area is 234 Å². The minimum atomic E-state index is -0.228. The highest BCUT2D eigenvalue weighted by molar-refractivity contribution is 6.05. The van der Waals surface area contributed by atoms with E-state index in [-0.39, 0.29) is 17.9 Å². The Hall–Kier alpha value is -4.62. The number of methoxy groups -OCH3 is 1. The summed E-state index contributed by atoms with van der Waals surface area (Å²) in [6.45, 7) is 3.46. The smallest absolute Gasteiger partial charge is 0.255 e. The van der Waals surface area contributed by atoms with E-state index in [9.17, 15) is 9.59 Å². The molecule has 3 N–H and O–H groups in total. The number of anilines is 2. The van der Waals surface area contributed by atoms with Gasteiger partial charge in [-0.05, 0) is 97.2 Å². The van der Waals surface area contributed by atoms with Crippen LogP contribution in [-0.2, 0) is 4.79 Å². The first-order valence-corrected chi connectivity index (χ1v) is 13.4. The lowest BCUT2D eigenvalue weighted by Crippen LogP contribution is -2.34. The first-order valence-electron chi connectivity index (χ1n) is 13.4. The van der Waals surface area contributed by atoms with Crippen LogP contribution < -0.4 is 25.4 Å². The highest BCUT2D eigenvalue weighted by Gasteiger charge is 2.15. The first-order chi connectivity index (χ1) is 19.5. The fourth-order valence-corrected chi connectivity index (χ4v) is 4.82. The highest BCUT2D eigenvalue weighted by atomic mass is 16.5. The van der Waals surface area contributed by atoms with Crippen molar-refractivity contribution in [2.75, 3.05) is 30.8 Å².